The summed E-state index contributed by atoms with van der Waals surface area (Å²) < 4.78 is 1.92. The van der Waals surface area contributed by atoms with E-state index in [2.05, 4.69) is 47.7 Å². The molecule has 102 valence electrons. The Labute approximate surface area is 119 Å². The van der Waals surface area contributed by atoms with Crippen LogP contribution in [0.15, 0.2) is 54.9 Å². The van der Waals surface area contributed by atoms with Crippen molar-refractivity contribution in [2.24, 2.45) is 0 Å². The predicted molar refractivity (Wildman–Crippen MR) is 81.8 cm³/mol. The Morgan fingerprint density at radius 3 is 2.80 bits per heavy atom. The zero-order chi connectivity index (χ0) is 13.8. The summed E-state index contributed by atoms with van der Waals surface area (Å²) in [5, 5.41) is 7.85. The van der Waals surface area contributed by atoms with Gasteiger partial charge in [0, 0.05) is 18.3 Å². The van der Waals surface area contributed by atoms with Gasteiger partial charge < -0.3 is 5.32 Å². The molecule has 0 radical (unpaired) electrons. The monoisotopic (exact) mass is 265 g/mol. The number of nitrogens with one attached hydrogen (secondary N) is 1. The van der Waals surface area contributed by atoms with Gasteiger partial charge in [-0.1, -0.05) is 30.3 Å². The number of nitrogens with zero attached hydrogens (tertiary/aromatic N) is 2. The van der Waals surface area contributed by atoms with Crippen LogP contribution in [0.5, 0.6) is 0 Å². The highest BCUT2D eigenvalue weighted by molar-refractivity contribution is 5.53. The van der Waals surface area contributed by atoms with E-state index in [4.69, 9.17) is 0 Å². The average molecular weight is 265 g/mol. The number of pyridine rings is 1. The second-order valence-electron chi connectivity index (χ2n) is 5.05. The Morgan fingerprint density at radius 2 is 1.90 bits per heavy atom. The first-order chi connectivity index (χ1) is 9.84. The number of rotatable bonds is 5. The lowest BCUT2D eigenvalue weighted by molar-refractivity contribution is 0.688. The van der Waals surface area contributed by atoms with E-state index in [1.54, 1.807) is 0 Å². The Kier molecular flexibility index (Phi) is 3.79. The van der Waals surface area contributed by atoms with Crippen LogP contribution in [0.4, 0.5) is 0 Å². The van der Waals surface area contributed by atoms with Crippen molar-refractivity contribution in [2.75, 3.05) is 6.54 Å². The van der Waals surface area contributed by atoms with E-state index in [0.717, 1.165) is 19.5 Å². The second kappa shape index (κ2) is 5.88. The third-order valence-electron chi connectivity index (χ3n) is 3.65. The fourth-order valence-corrected chi connectivity index (χ4v) is 2.46. The SMILES string of the molecule is Cc1ccccc1CCNCc1cnn2ccccc12. The summed E-state index contributed by atoms with van der Waals surface area (Å²) >= 11 is 0. The van der Waals surface area contributed by atoms with Crippen molar-refractivity contribution in [2.45, 2.75) is 19.9 Å². The molecule has 0 spiro atoms. The lowest BCUT2D eigenvalue weighted by Crippen LogP contribution is -2.16. The Bertz CT molecular complexity index is 700. The zero-order valence-corrected chi connectivity index (χ0v) is 11.7. The van der Waals surface area contributed by atoms with Gasteiger partial charge in [0.05, 0.1) is 11.7 Å². The maximum Gasteiger partial charge on any atom is 0.0706 e. The molecule has 0 aliphatic carbocycles. The summed E-state index contributed by atoms with van der Waals surface area (Å²) in [7, 11) is 0. The first kappa shape index (κ1) is 12.9. The van der Waals surface area contributed by atoms with E-state index >= 15 is 0 Å². The Balaban J connectivity index is 1.57. The number of aromatic nitrogens is 2. The van der Waals surface area contributed by atoms with E-state index in [0.29, 0.717) is 0 Å². The summed E-state index contributed by atoms with van der Waals surface area (Å²) in [6.07, 6.45) is 4.98. The summed E-state index contributed by atoms with van der Waals surface area (Å²) in [4.78, 5) is 0. The van der Waals surface area contributed by atoms with Crippen LogP contribution in [-0.2, 0) is 13.0 Å². The molecule has 0 atom stereocenters. The first-order valence-corrected chi connectivity index (χ1v) is 7.01. The maximum absolute atomic E-state index is 4.35. The van der Waals surface area contributed by atoms with Crippen molar-refractivity contribution in [3.05, 3.63) is 71.5 Å². The average Bonchev–Trinajstić information content (AvgIpc) is 2.89. The smallest absolute Gasteiger partial charge is 0.0706 e. The molecule has 3 aromatic rings. The largest absolute Gasteiger partial charge is 0.312 e. The highest BCUT2D eigenvalue weighted by Crippen LogP contribution is 2.10. The Morgan fingerprint density at radius 1 is 1.05 bits per heavy atom. The summed E-state index contributed by atoms with van der Waals surface area (Å²) in [6.45, 7) is 4.01. The van der Waals surface area contributed by atoms with Gasteiger partial charge >= 0.3 is 0 Å². The van der Waals surface area contributed by atoms with Crippen LogP contribution in [0, 0.1) is 6.92 Å². The van der Waals surface area contributed by atoms with Gasteiger partial charge in [-0.15, -0.1) is 0 Å². The molecule has 2 aromatic heterocycles. The molecule has 0 unspecified atom stereocenters. The Hall–Kier alpha value is -2.13. The molecule has 0 saturated heterocycles. The minimum atomic E-state index is 0.861. The fraction of sp³-hybridized carbons (Fsp3) is 0.235. The summed E-state index contributed by atoms with van der Waals surface area (Å²) in [5.74, 6) is 0. The molecule has 1 aromatic carbocycles. The highest BCUT2D eigenvalue weighted by atomic mass is 15.2. The third-order valence-corrected chi connectivity index (χ3v) is 3.65. The van der Waals surface area contributed by atoms with Crippen LogP contribution in [-0.4, -0.2) is 16.2 Å². The van der Waals surface area contributed by atoms with Crippen LogP contribution >= 0.6 is 0 Å². The van der Waals surface area contributed by atoms with Gasteiger partial charge in [-0.2, -0.15) is 5.10 Å². The van der Waals surface area contributed by atoms with Crippen LogP contribution in [0.25, 0.3) is 5.52 Å². The molecule has 3 nitrogen and oxygen atoms in total. The van der Waals surface area contributed by atoms with E-state index in [-0.39, 0.29) is 0 Å². The van der Waals surface area contributed by atoms with E-state index < -0.39 is 0 Å². The van der Waals surface area contributed by atoms with Crippen molar-refractivity contribution in [3.8, 4) is 0 Å². The van der Waals surface area contributed by atoms with Crippen molar-refractivity contribution >= 4 is 5.52 Å². The fourth-order valence-electron chi connectivity index (χ4n) is 2.46. The molecular formula is C17H19N3. The molecule has 0 fully saturated rings. The molecule has 2 heterocycles. The highest BCUT2D eigenvalue weighted by Gasteiger charge is 2.02. The second-order valence-corrected chi connectivity index (χ2v) is 5.05. The normalized spacial score (nSPS) is 11.1. The standard InChI is InChI=1S/C17H19N3/c1-14-6-2-3-7-15(14)9-10-18-12-16-13-19-20-11-5-4-8-17(16)20/h2-8,11,13,18H,9-10,12H2,1H3. The summed E-state index contributed by atoms with van der Waals surface area (Å²) in [5.41, 5.74) is 5.21. The van der Waals surface area contributed by atoms with Gasteiger partial charge in [-0.25, -0.2) is 4.52 Å². The maximum atomic E-state index is 4.35. The van der Waals surface area contributed by atoms with Gasteiger partial charge in [-0.05, 0) is 43.1 Å². The molecule has 1 N–H and O–H groups in total. The molecule has 0 aliphatic rings. The quantitative estimate of drug-likeness (QED) is 0.719. The van der Waals surface area contributed by atoms with E-state index in [9.17, 15) is 0 Å². The van der Waals surface area contributed by atoms with Crippen LogP contribution in [0.3, 0.4) is 0 Å². The number of hydrogen-bond donors (Lipinski definition) is 1. The topological polar surface area (TPSA) is 29.3 Å². The minimum Gasteiger partial charge on any atom is -0.312 e. The number of aryl methyl sites for hydroxylation is 1. The third kappa shape index (κ3) is 2.73. The van der Waals surface area contributed by atoms with Crippen molar-refractivity contribution < 1.29 is 0 Å². The number of benzene rings is 1. The van der Waals surface area contributed by atoms with Crippen LogP contribution in [0.1, 0.15) is 16.7 Å². The molecule has 0 aliphatic heterocycles. The predicted octanol–water partition coefficient (Wildman–Crippen LogP) is 2.98. The summed E-state index contributed by atoms with van der Waals surface area (Å²) in [6, 6.07) is 14.7. The molecule has 0 saturated carbocycles. The van der Waals surface area contributed by atoms with Crippen molar-refractivity contribution in [3.63, 3.8) is 0 Å². The van der Waals surface area contributed by atoms with Crippen molar-refractivity contribution in [1.82, 2.24) is 14.9 Å². The van der Waals surface area contributed by atoms with Gasteiger partial charge in [0.1, 0.15) is 0 Å². The molecule has 20 heavy (non-hydrogen) atoms. The molecule has 0 bridgehead atoms. The zero-order valence-electron chi connectivity index (χ0n) is 11.7. The van der Waals surface area contributed by atoms with Gasteiger partial charge in [0.25, 0.3) is 0 Å². The molecule has 3 heteroatoms. The first-order valence-electron chi connectivity index (χ1n) is 7.01. The number of fused-ring (bicyclic) bond motifs is 1. The minimum absolute atomic E-state index is 0.861. The lowest BCUT2D eigenvalue weighted by atomic mass is 10.1. The van der Waals surface area contributed by atoms with E-state index in [1.165, 1.54) is 22.2 Å². The van der Waals surface area contributed by atoms with Crippen LogP contribution < -0.4 is 5.32 Å². The van der Waals surface area contributed by atoms with Gasteiger partial charge in [0.2, 0.25) is 0 Å². The molecule has 0 amide bonds. The molecular weight excluding hydrogens is 246 g/mol. The van der Waals surface area contributed by atoms with Gasteiger partial charge in [0.15, 0.2) is 0 Å². The van der Waals surface area contributed by atoms with E-state index in [1.807, 2.05) is 29.0 Å². The van der Waals surface area contributed by atoms with Gasteiger partial charge in [-0.3, -0.25) is 0 Å². The number of hydrogen-bond acceptors (Lipinski definition) is 2. The molecule has 3 rings (SSSR count). The lowest BCUT2D eigenvalue weighted by Gasteiger charge is -2.06. The van der Waals surface area contributed by atoms with Crippen molar-refractivity contribution in [1.29, 1.82) is 0 Å². The van der Waals surface area contributed by atoms with Crippen LogP contribution in [0.2, 0.25) is 0 Å².